The van der Waals surface area contributed by atoms with Crippen LogP contribution < -0.4 is 16.1 Å². The summed E-state index contributed by atoms with van der Waals surface area (Å²) in [6.07, 6.45) is 3.15. The number of benzene rings is 2. The average Bonchev–Trinajstić information content (AvgIpc) is 2.95. The van der Waals surface area contributed by atoms with E-state index in [2.05, 4.69) is 33.1 Å². The molecule has 1 heterocycles. The molecule has 1 fully saturated rings. The highest BCUT2D eigenvalue weighted by Gasteiger charge is 2.34. The molecule has 220 valence electrons. The number of nitrogens with zero attached hydrogens (tertiary/aromatic N) is 1. The van der Waals surface area contributed by atoms with Crippen LogP contribution >= 0.6 is 0 Å². The maximum absolute atomic E-state index is 13.6. The molecular weight excluding hydrogens is 504 g/mol. The molecule has 1 aliphatic heterocycles. The molecule has 2 aromatic carbocycles. The van der Waals surface area contributed by atoms with Crippen LogP contribution in [0.15, 0.2) is 60.7 Å². The topological polar surface area (TPSA) is 91.9 Å². The Morgan fingerprint density at radius 1 is 0.900 bits per heavy atom. The van der Waals surface area contributed by atoms with Crippen LogP contribution in [0.5, 0.6) is 0 Å². The molecule has 3 rings (SSSR count). The van der Waals surface area contributed by atoms with E-state index in [1.54, 1.807) is 0 Å². The smallest absolute Gasteiger partial charge is 0.243 e. The Morgan fingerprint density at radius 2 is 1.55 bits per heavy atom. The van der Waals surface area contributed by atoms with Crippen LogP contribution in [0.4, 0.5) is 0 Å². The predicted octanol–water partition coefficient (Wildman–Crippen LogP) is 3.72. The first-order chi connectivity index (χ1) is 19.3. The summed E-state index contributed by atoms with van der Waals surface area (Å²) < 4.78 is 5.40. The first kappa shape index (κ1) is 31.7. The minimum Gasteiger partial charge on any atom is -0.379 e. The van der Waals surface area contributed by atoms with E-state index in [1.807, 2.05) is 69.3 Å². The van der Waals surface area contributed by atoms with Crippen molar-refractivity contribution in [2.24, 2.45) is 11.3 Å². The Hall–Kier alpha value is -2.78. The summed E-state index contributed by atoms with van der Waals surface area (Å²) in [6.45, 7) is 11.5. The average molecular weight is 553 g/mol. The molecular formula is C32H48N4O4. The lowest BCUT2D eigenvalue weighted by Crippen LogP contribution is -2.55. The molecule has 2 aromatic rings. The molecule has 1 aliphatic rings. The molecule has 2 atom stereocenters. The summed E-state index contributed by atoms with van der Waals surface area (Å²) in [6, 6.07) is 19.7. The third-order valence-corrected chi connectivity index (χ3v) is 7.26. The van der Waals surface area contributed by atoms with Crippen molar-refractivity contribution < 1.29 is 19.2 Å². The van der Waals surface area contributed by atoms with Crippen molar-refractivity contribution in [1.82, 2.24) is 21.0 Å². The van der Waals surface area contributed by atoms with E-state index in [9.17, 15) is 9.59 Å². The number of rotatable bonds is 16. The van der Waals surface area contributed by atoms with Crippen LogP contribution in [-0.2, 0) is 32.2 Å². The Balaban J connectivity index is 1.53. The lowest BCUT2D eigenvalue weighted by molar-refractivity contribution is -0.134. The van der Waals surface area contributed by atoms with Crippen molar-refractivity contribution in [1.29, 1.82) is 0 Å². The zero-order valence-electron chi connectivity index (χ0n) is 24.5. The van der Waals surface area contributed by atoms with Gasteiger partial charge in [0, 0.05) is 38.6 Å². The van der Waals surface area contributed by atoms with Gasteiger partial charge in [0.1, 0.15) is 6.04 Å². The second-order valence-corrected chi connectivity index (χ2v) is 11.6. The van der Waals surface area contributed by atoms with Crippen LogP contribution in [0, 0.1) is 11.3 Å². The number of nitrogens with one attached hydrogen (secondary N) is 3. The summed E-state index contributed by atoms with van der Waals surface area (Å²) in [7, 11) is 0. The fraction of sp³-hybridized carbons (Fsp3) is 0.562. The zero-order chi connectivity index (χ0) is 28.6. The molecule has 1 saturated heterocycles. The fourth-order valence-corrected chi connectivity index (χ4v) is 4.82. The lowest BCUT2D eigenvalue weighted by Gasteiger charge is -2.32. The molecule has 2 amide bonds. The molecule has 0 saturated carbocycles. The summed E-state index contributed by atoms with van der Waals surface area (Å²) in [4.78, 5) is 34.7. The van der Waals surface area contributed by atoms with Crippen molar-refractivity contribution in [2.75, 3.05) is 45.9 Å². The highest BCUT2D eigenvalue weighted by molar-refractivity contribution is 5.89. The SMILES string of the molecule is CC(C)(C)[C@H](NC(=O)[C@H](CCCc1ccccc1)CCNOCc1ccccc1)C(=O)NCCN1CCOCC1. The Kier molecular flexibility index (Phi) is 13.6. The quantitative estimate of drug-likeness (QED) is 0.217. The molecule has 0 bridgehead atoms. The van der Waals surface area contributed by atoms with Crippen molar-refractivity contribution >= 4 is 11.8 Å². The highest BCUT2D eigenvalue weighted by atomic mass is 16.6. The number of hydroxylamine groups is 1. The number of morpholine rings is 1. The van der Waals surface area contributed by atoms with Gasteiger partial charge in [-0.25, -0.2) is 5.48 Å². The van der Waals surface area contributed by atoms with E-state index in [4.69, 9.17) is 9.57 Å². The first-order valence-corrected chi connectivity index (χ1v) is 14.6. The van der Waals surface area contributed by atoms with Gasteiger partial charge >= 0.3 is 0 Å². The van der Waals surface area contributed by atoms with E-state index in [0.29, 0.717) is 26.1 Å². The van der Waals surface area contributed by atoms with Gasteiger partial charge in [0.2, 0.25) is 11.8 Å². The molecule has 8 nitrogen and oxygen atoms in total. The standard InChI is InChI=1S/C32H48N4O4/c1-32(2,3)29(31(38)33-19-20-36-21-23-39-24-22-36)35-30(37)28(16-10-15-26-11-6-4-7-12-26)17-18-34-40-25-27-13-8-5-9-14-27/h4-9,11-14,28-29,34H,10,15-25H2,1-3H3,(H,33,38)(H,35,37)/t28-,29-/m1/s1. The van der Waals surface area contributed by atoms with Crippen LogP contribution in [0.25, 0.3) is 0 Å². The Labute approximate surface area is 240 Å². The van der Waals surface area contributed by atoms with Crippen LogP contribution in [0.3, 0.4) is 0 Å². The largest absolute Gasteiger partial charge is 0.379 e. The summed E-state index contributed by atoms with van der Waals surface area (Å²) in [5.74, 6) is -0.454. The molecule has 0 aliphatic carbocycles. The van der Waals surface area contributed by atoms with E-state index in [0.717, 1.165) is 57.7 Å². The summed E-state index contributed by atoms with van der Waals surface area (Å²) in [5.41, 5.74) is 4.94. The van der Waals surface area contributed by atoms with Gasteiger partial charge in [0.15, 0.2) is 0 Å². The third-order valence-electron chi connectivity index (χ3n) is 7.26. The second kappa shape index (κ2) is 17.1. The fourth-order valence-electron chi connectivity index (χ4n) is 4.82. The minimum absolute atomic E-state index is 0.0822. The van der Waals surface area contributed by atoms with Gasteiger partial charge in [-0.05, 0) is 42.2 Å². The van der Waals surface area contributed by atoms with Crippen LogP contribution in [-0.4, -0.2) is 68.7 Å². The van der Waals surface area contributed by atoms with Crippen molar-refractivity contribution in [3.05, 3.63) is 71.8 Å². The number of amides is 2. The number of hydrogen-bond acceptors (Lipinski definition) is 6. The Bertz CT molecular complexity index is 991. The zero-order valence-corrected chi connectivity index (χ0v) is 24.5. The first-order valence-electron chi connectivity index (χ1n) is 14.6. The molecule has 8 heteroatoms. The normalized spacial score (nSPS) is 15.8. The Morgan fingerprint density at radius 3 is 2.20 bits per heavy atom. The highest BCUT2D eigenvalue weighted by Crippen LogP contribution is 2.22. The monoisotopic (exact) mass is 552 g/mol. The number of carbonyl (C=O) groups is 2. The summed E-state index contributed by atoms with van der Waals surface area (Å²) >= 11 is 0. The van der Waals surface area contributed by atoms with Gasteiger partial charge in [-0.15, -0.1) is 0 Å². The number of aryl methyl sites for hydroxylation is 1. The number of carbonyl (C=O) groups excluding carboxylic acids is 2. The number of hydrogen-bond donors (Lipinski definition) is 3. The minimum atomic E-state index is -0.622. The van der Waals surface area contributed by atoms with Gasteiger partial charge in [-0.3, -0.25) is 19.3 Å². The van der Waals surface area contributed by atoms with E-state index >= 15 is 0 Å². The van der Waals surface area contributed by atoms with Gasteiger partial charge in [-0.2, -0.15) is 0 Å². The molecule has 40 heavy (non-hydrogen) atoms. The van der Waals surface area contributed by atoms with E-state index in [-0.39, 0.29) is 17.7 Å². The lowest BCUT2D eigenvalue weighted by atomic mass is 9.85. The van der Waals surface area contributed by atoms with E-state index in [1.165, 1.54) is 5.56 Å². The maximum Gasteiger partial charge on any atom is 0.243 e. The molecule has 0 spiro atoms. The van der Waals surface area contributed by atoms with Crippen molar-refractivity contribution in [3.8, 4) is 0 Å². The molecule has 0 unspecified atom stereocenters. The molecule has 0 radical (unpaired) electrons. The van der Waals surface area contributed by atoms with Crippen molar-refractivity contribution in [2.45, 2.75) is 59.1 Å². The van der Waals surface area contributed by atoms with Crippen LogP contribution in [0.2, 0.25) is 0 Å². The van der Waals surface area contributed by atoms with Gasteiger partial charge in [-0.1, -0.05) is 81.4 Å². The summed E-state index contributed by atoms with van der Waals surface area (Å²) in [5, 5.41) is 6.16. The predicted molar refractivity (Wildman–Crippen MR) is 158 cm³/mol. The number of ether oxygens (including phenoxy) is 1. The third kappa shape index (κ3) is 11.8. The van der Waals surface area contributed by atoms with Gasteiger partial charge in [0.25, 0.3) is 0 Å². The second-order valence-electron chi connectivity index (χ2n) is 11.6. The van der Waals surface area contributed by atoms with Gasteiger partial charge < -0.3 is 15.4 Å². The van der Waals surface area contributed by atoms with E-state index < -0.39 is 11.5 Å². The molecule has 0 aromatic heterocycles. The van der Waals surface area contributed by atoms with Gasteiger partial charge in [0.05, 0.1) is 19.8 Å². The molecule has 3 N–H and O–H groups in total. The van der Waals surface area contributed by atoms with Crippen LogP contribution in [0.1, 0.15) is 51.2 Å². The maximum atomic E-state index is 13.6. The van der Waals surface area contributed by atoms with Crippen molar-refractivity contribution in [3.63, 3.8) is 0 Å².